The number of rotatable bonds is 2. The second-order valence-electron chi connectivity index (χ2n) is 3.26. The van der Waals surface area contributed by atoms with Gasteiger partial charge in [0.1, 0.15) is 0 Å². The molecule has 0 aliphatic rings. The Labute approximate surface area is 93.8 Å². The van der Waals surface area contributed by atoms with Crippen LogP contribution in [0, 0.1) is 0 Å². The van der Waals surface area contributed by atoms with Crippen molar-refractivity contribution in [2.75, 3.05) is 12.8 Å². The Bertz CT molecular complexity index is 443. The summed E-state index contributed by atoms with van der Waals surface area (Å²) in [5.41, 5.74) is 0.642. The van der Waals surface area contributed by atoms with E-state index in [1.165, 1.54) is 0 Å². The second-order valence-corrected chi connectivity index (χ2v) is 3.26. The van der Waals surface area contributed by atoms with Crippen molar-refractivity contribution in [3.05, 3.63) is 11.9 Å². The first-order chi connectivity index (χ1) is 7.66. The molecule has 0 aliphatic carbocycles. The highest BCUT2D eigenvalue weighted by molar-refractivity contribution is 5.81. The molecule has 0 radical (unpaired) electrons. The van der Waals surface area contributed by atoms with Gasteiger partial charge in [0.25, 0.3) is 0 Å². The zero-order valence-corrected chi connectivity index (χ0v) is 8.95. The summed E-state index contributed by atoms with van der Waals surface area (Å²) in [5.74, 6) is -2.13. The van der Waals surface area contributed by atoms with Crippen molar-refractivity contribution in [2.45, 2.75) is 11.8 Å². The van der Waals surface area contributed by atoms with E-state index in [4.69, 9.17) is 5.73 Å². The number of nitrogens with two attached hydrogens (primary N) is 1. The lowest BCUT2D eigenvalue weighted by Crippen LogP contribution is -2.51. The van der Waals surface area contributed by atoms with Gasteiger partial charge in [-0.05, 0) is 0 Å². The lowest BCUT2D eigenvalue weighted by molar-refractivity contribution is -0.268. The normalized spacial score (nSPS) is 15.4. The minimum Gasteiger partial charge on any atom is -0.466 e. The van der Waals surface area contributed by atoms with E-state index in [0.717, 1.165) is 18.7 Å². The van der Waals surface area contributed by atoms with Gasteiger partial charge in [0.2, 0.25) is 0 Å². The average molecular weight is 253 g/mol. The number of carbonyl (C=O) groups is 1. The van der Waals surface area contributed by atoms with Gasteiger partial charge in [-0.15, -0.1) is 0 Å². The molecule has 0 amide bonds. The van der Waals surface area contributed by atoms with Gasteiger partial charge in [0.15, 0.2) is 5.95 Å². The van der Waals surface area contributed by atoms with Crippen LogP contribution in [0.2, 0.25) is 0 Å². The molecule has 9 heteroatoms. The maximum Gasteiger partial charge on any atom is 0.434 e. The molecule has 17 heavy (non-hydrogen) atoms. The number of nitrogen functional groups attached to an aromatic ring is 1. The van der Waals surface area contributed by atoms with E-state index >= 15 is 0 Å². The summed E-state index contributed by atoms with van der Waals surface area (Å²) in [4.78, 5) is 14.6. The molecule has 96 valence electrons. The van der Waals surface area contributed by atoms with Crippen LogP contribution in [0.4, 0.5) is 19.1 Å². The highest BCUT2D eigenvalue weighted by atomic mass is 19.4. The monoisotopic (exact) mass is 253 g/mol. The van der Waals surface area contributed by atoms with Crippen molar-refractivity contribution in [3.63, 3.8) is 0 Å². The number of aromatic nitrogens is 2. The Balaban J connectivity index is 3.45. The molecule has 0 bridgehead atoms. The Morgan fingerprint density at radius 1 is 1.59 bits per heavy atom. The number of halogens is 3. The van der Waals surface area contributed by atoms with Crippen molar-refractivity contribution in [1.82, 2.24) is 9.55 Å². The number of nitrogens with zero attached hydrogens (tertiary/aromatic N) is 2. The lowest BCUT2D eigenvalue weighted by atomic mass is 10.00. The Hall–Kier alpha value is -1.77. The number of aliphatic hydroxyl groups is 1. The van der Waals surface area contributed by atoms with E-state index in [1.807, 2.05) is 0 Å². The van der Waals surface area contributed by atoms with Gasteiger partial charge in [-0.2, -0.15) is 13.2 Å². The van der Waals surface area contributed by atoms with Crippen LogP contribution in [-0.4, -0.2) is 33.9 Å². The Morgan fingerprint density at radius 2 is 2.12 bits per heavy atom. The molecule has 1 heterocycles. The number of carbonyl (C=O) groups excluding carboxylic acids is 1. The Kier molecular flexibility index (Phi) is 3.06. The van der Waals surface area contributed by atoms with Crippen molar-refractivity contribution in [3.8, 4) is 0 Å². The smallest absolute Gasteiger partial charge is 0.434 e. The van der Waals surface area contributed by atoms with Gasteiger partial charge >= 0.3 is 17.7 Å². The number of anilines is 1. The zero-order chi connectivity index (χ0) is 13.4. The molecule has 1 aromatic rings. The van der Waals surface area contributed by atoms with Gasteiger partial charge in [-0.25, -0.2) is 9.78 Å². The SMILES string of the molecule is COC(=O)C(O)(c1cnc(N)n1C)C(F)(F)F. The van der Waals surface area contributed by atoms with Crippen LogP contribution in [0.1, 0.15) is 5.69 Å². The van der Waals surface area contributed by atoms with Gasteiger partial charge < -0.3 is 20.1 Å². The standard InChI is InChI=1S/C8H10F3N3O3/c1-14-4(3-13-6(14)12)7(16,5(15)17-2)8(9,10)11/h3,16H,1-2H3,(H2,12,13). The number of methoxy groups -OCH3 is 1. The highest BCUT2D eigenvalue weighted by Gasteiger charge is 2.63. The topological polar surface area (TPSA) is 90.4 Å². The molecule has 1 atom stereocenters. The molecule has 1 rings (SSSR count). The minimum absolute atomic E-state index is 0.272. The van der Waals surface area contributed by atoms with Crippen LogP contribution in [0.5, 0.6) is 0 Å². The second kappa shape index (κ2) is 3.91. The van der Waals surface area contributed by atoms with Crippen molar-refractivity contribution < 1.29 is 27.8 Å². The van der Waals surface area contributed by atoms with Crippen LogP contribution in [0.15, 0.2) is 6.20 Å². The summed E-state index contributed by atoms with van der Waals surface area (Å²) in [5, 5.41) is 9.57. The van der Waals surface area contributed by atoms with Gasteiger partial charge in [0, 0.05) is 7.05 Å². The molecule has 0 saturated carbocycles. The van der Waals surface area contributed by atoms with E-state index < -0.39 is 23.4 Å². The third kappa shape index (κ3) is 1.82. The number of esters is 1. The number of ether oxygens (including phenoxy) is 1. The van der Waals surface area contributed by atoms with E-state index in [-0.39, 0.29) is 5.95 Å². The summed E-state index contributed by atoms with van der Waals surface area (Å²) in [6.45, 7) is 0. The molecule has 0 aromatic carbocycles. The predicted octanol–water partition coefficient (Wildman–Crippen LogP) is -0.0748. The first kappa shape index (κ1) is 13.3. The van der Waals surface area contributed by atoms with Crippen LogP contribution in [-0.2, 0) is 22.2 Å². The molecule has 0 aliphatic heterocycles. The summed E-state index contributed by atoms with van der Waals surface area (Å²) in [7, 11) is 1.87. The Morgan fingerprint density at radius 3 is 2.41 bits per heavy atom. The number of alkyl halides is 3. The maximum absolute atomic E-state index is 12.8. The number of hydrogen-bond acceptors (Lipinski definition) is 5. The molecule has 1 aromatic heterocycles. The lowest BCUT2D eigenvalue weighted by Gasteiger charge is -2.27. The molecule has 1 unspecified atom stereocenters. The number of hydrogen-bond donors (Lipinski definition) is 2. The third-order valence-electron chi connectivity index (χ3n) is 2.29. The fourth-order valence-electron chi connectivity index (χ4n) is 1.27. The summed E-state index contributed by atoms with van der Waals surface area (Å²) < 4.78 is 43.1. The first-order valence-electron chi connectivity index (χ1n) is 4.31. The fourth-order valence-corrected chi connectivity index (χ4v) is 1.27. The van der Waals surface area contributed by atoms with Crippen molar-refractivity contribution in [2.24, 2.45) is 7.05 Å². The van der Waals surface area contributed by atoms with Crippen molar-refractivity contribution in [1.29, 1.82) is 0 Å². The zero-order valence-electron chi connectivity index (χ0n) is 8.95. The average Bonchev–Trinajstić information content (AvgIpc) is 2.56. The summed E-state index contributed by atoms with van der Waals surface area (Å²) >= 11 is 0. The van der Waals surface area contributed by atoms with Crippen LogP contribution in [0.25, 0.3) is 0 Å². The molecule has 0 spiro atoms. The highest BCUT2D eigenvalue weighted by Crippen LogP contribution is 2.40. The maximum atomic E-state index is 12.8. The third-order valence-corrected chi connectivity index (χ3v) is 2.29. The predicted molar refractivity (Wildman–Crippen MR) is 49.6 cm³/mol. The molecule has 0 saturated heterocycles. The van der Waals surface area contributed by atoms with E-state index in [1.54, 1.807) is 0 Å². The van der Waals surface area contributed by atoms with Crippen LogP contribution >= 0.6 is 0 Å². The first-order valence-corrected chi connectivity index (χ1v) is 4.31. The van der Waals surface area contributed by atoms with Crippen LogP contribution in [0.3, 0.4) is 0 Å². The molecule has 6 nitrogen and oxygen atoms in total. The van der Waals surface area contributed by atoms with E-state index in [2.05, 4.69) is 9.72 Å². The molecule has 3 N–H and O–H groups in total. The minimum atomic E-state index is -5.25. The van der Waals surface area contributed by atoms with Crippen LogP contribution < -0.4 is 5.73 Å². The van der Waals surface area contributed by atoms with Gasteiger partial charge in [-0.1, -0.05) is 0 Å². The number of imidazole rings is 1. The van der Waals surface area contributed by atoms with Gasteiger partial charge in [-0.3, -0.25) is 0 Å². The van der Waals surface area contributed by atoms with E-state index in [9.17, 15) is 23.1 Å². The quantitative estimate of drug-likeness (QED) is 0.720. The molecular formula is C8H10F3N3O3. The molecule has 0 fully saturated rings. The van der Waals surface area contributed by atoms with Crippen molar-refractivity contribution >= 4 is 11.9 Å². The largest absolute Gasteiger partial charge is 0.466 e. The van der Waals surface area contributed by atoms with E-state index in [0.29, 0.717) is 6.20 Å². The van der Waals surface area contributed by atoms with Gasteiger partial charge in [0.05, 0.1) is 19.0 Å². The summed E-state index contributed by atoms with van der Waals surface area (Å²) in [6.07, 6.45) is -4.58. The fraction of sp³-hybridized carbons (Fsp3) is 0.500. The molecular weight excluding hydrogens is 243 g/mol. The summed E-state index contributed by atoms with van der Waals surface area (Å²) in [6, 6.07) is 0.